The van der Waals surface area contributed by atoms with E-state index in [9.17, 15) is 41.9 Å². The first-order valence-electron chi connectivity index (χ1n) is 28.9. The number of carbonyl (C=O) groups is 4. The minimum Gasteiger partial charge on any atom is -0.490 e. The van der Waals surface area contributed by atoms with E-state index in [-0.39, 0.29) is 67.0 Å². The summed E-state index contributed by atoms with van der Waals surface area (Å²) in [5, 5.41) is 23.7. The molecule has 0 saturated carbocycles. The van der Waals surface area contributed by atoms with Crippen molar-refractivity contribution in [3.05, 3.63) is 110 Å². The van der Waals surface area contributed by atoms with Gasteiger partial charge in [-0.2, -0.15) is 0 Å². The van der Waals surface area contributed by atoms with Crippen LogP contribution in [0.15, 0.2) is 65.3 Å². The third-order valence-electron chi connectivity index (χ3n) is 15.9. The molecule has 9 rings (SSSR count). The number of ether oxygens (including phenoxy) is 1. The van der Waals surface area contributed by atoms with Crippen LogP contribution in [0.5, 0.6) is 5.75 Å². The van der Waals surface area contributed by atoms with Crippen LogP contribution in [0.4, 0.5) is 20.3 Å². The van der Waals surface area contributed by atoms with E-state index >= 15 is 4.39 Å². The summed E-state index contributed by atoms with van der Waals surface area (Å²) >= 11 is 1.55. The van der Waals surface area contributed by atoms with Crippen molar-refractivity contribution >= 4 is 67.2 Å². The van der Waals surface area contributed by atoms with Crippen molar-refractivity contribution in [1.29, 1.82) is 0 Å². The molecule has 0 spiro atoms. The first-order chi connectivity index (χ1) is 40.0. The smallest absolute Gasteiger partial charge is 0.274 e. The number of β-amino-alcohol motifs (C(OH)–C–C–N with tert-alkyl or cyclic N) is 1. The molecule has 84 heavy (non-hydrogen) atoms. The summed E-state index contributed by atoms with van der Waals surface area (Å²) in [4.78, 5) is 84.4. The Kier molecular flexibility index (Phi) is 19.4. The number of aromatic amines is 1. The number of aryl methyl sites for hydroxylation is 2. The fraction of sp³-hybridized carbons (Fsp3) is 0.492. The third-order valence-corrected chi connectivity index (χ3v) is 17.7. The molecule has 4 aromatic heterocycles. The number of aliphatic hydroxyl groups is 1. The van der Waals surface area contributed by atoms with Gasteiger partial charge in [-0.3, -0.25) is 24.0 Å². The number of nitrogens with zero attached hydrogens (tertiary/aromatic N) is 5. The number of thiazole rings is 1. The Balaban J connectivity index is 0.739. The lowest BCUT2D eigenvalue weighted by Gasteiger charge is -2.35. The number of H-pyrrole nitrogens is 1. The second kappa shape index (κ2) is 26.5. The molecule has 0 aliphatic carbocycles. The lowest BCUT2D eigenvalue weighted by Crippen LogP contribution is -2.57. The maximum Gasteiger partial charge on any atom is 0.274 e. The van der Waals surface area contributed by atoms with E-state index in [4.69, 9.17) is 4.74 Å². The van der Waals surface area contributed by atoms with Gasteiger partial charge in [-0.15, -0.1) is 11.3 Å². The van der Waals surface area contributed by atoms with Gasteiger partial charge >= 0.3 is 0 Å². The molecular formula is C61H76F2N10O9S2. The van der Waals surface area contributed by atoms with E-state index in [1.807, 2.05) is 51.4 Å². The molecule has 6 aromatic rings. The summed E-state index contributed by atoms with van der Waals surface area (Å²) in [7, 11) is -2.09. The molecule has 6 N–H and O–H groups in total. The number of rotatable bonds is 23. The molecule has 3 aliphatic heterocycles. The van der Waals surface area contributed by atoms with E-state index in [1.54, 1.807) is 36.8 Å². The summed E-state index contributed by atoms with van der Waals surface area (Å²) in [6.07, 6.45) is 12.8. The molecule has 450 valence electrons. The van der Waals surface area contributed by atoms with Crippen LogP contribution in [-0.2, 0) is 50.1 Å². The number of nitrogens with one attached hydrogen (secondary N) is 5. The number of benzene rings is 2. The highest BCUT2D eigenvalue weighted by Gasteiger charge is 2.44. The Labute approximate surface area is 492 Å². The molecule has 2 saturated heterocycles. The number of piperidine rings is 1. The quantitative estimate of drug-likeness (QED) is 0.0333. The van der Waals surface area contributed by atoms with Crippen LogP contribution in [0, 0.1) is 24.0 Å². The van der Waals surface area contributed by atoms with Crippen molar-refractivity contribution in [3.8, 4) is 27.3 Å². The van der Waals surface area contributed by atoms with E-state index in [1.165, 1.54) is 20.4 Å². The molecule has 3 aliphatic rings. The highest BCUT2D eigenvalue weighted by atomic mass is 32.2. The second-order valence-corrected chi connectivity index (χ2v) is 26.6. The monoisotopic (exact) mass is 1190 g/mol. The van der Waals surface area contributed by atoms with Crippen LogP contribution in [0.3, 0.4) is 0 Å². The van der Waals surface area contributed by atoms with Crippen LogP contribution in [0.2, 0.25) is 0 Å². The molecule has 19 nitrogen and oxygen atoms in total. The van der Waals surface area contributed by atoms with Gasteiger partial charge in [0.15, 0.2) is 21.5 Å². The Bertz CT molecular complexity index is 3590. The van der Waals surface area contributed by atoms with E-state index < -0.39 is 68.5 Å². The Morgan fingerprint density at radius 1 is 0.940 bits per heavy atom. The van der Waals surface area contributed by atoms with Gasteiger partial charge in [-0.1, -0.05) is 71.4 Å². The van der Waals surface area contributed by atoms with E-state index in [0.717, 1.165) is 98.6 Å². The van der Waals surface area contributed by atoms with Crippen LogP contribution >= 0.6 is 11.3 Å². The van der Waals surface area contributed by atoms with Gasteiger partial charge in [0.25, 0.3) is 11.5 Å². The lowest BCUT2D eigenvalue weighted by molar-refractivity contribution is -0.144. The van der Waals surface area contributed by atoms with Crippen molar-refractivity contribution in [2.45, 2.75) is 148 Å². The molecule has 4 amide bonds. The topological polar surface area (TPSA) is 250 Å². The fourth-order valence-electron chi connectivity index (χ4n) is 11.5. The van der Waals surface area contributed by atoms with Gasteiger partial charge in [-0.05, 0) is 86.0 Å². The number of aliphatic hydroxyl groups excluding tert-OH is 1. The predicted octanol–water partition coefficient (Wildman–Crippen LogP) is 8.02. The molecule has 23 heteroatoms. The van der Waals surface area contributed by atoms with E-state index in [0.29, 0.717) is 64.5 Å². The van der Waals surface area contributed by atoms with Gasteiger partial charge in [-0.25, -0.2) is 27.2 Å². The SMILES string of the molecule is Cc1ncsc1-c1ccc(CNC(=O)[C@@H]2C[C@@H](O)CN2C(=O)[C@@H](NC(=O)CCCCCCCCCCNC(=O)c2cc3c(cc2CS(C)(=O)=O)-c2cn(C)c(=O)c4[nH]cc(c24)CN3c2ncc(F)cc2F)C(C)(C)C)c(OC2CCNCC2)c1. The number of aromatic nitrogens is 4. The molecule has 2 aromatic carbocycles. The number of amides is 4. The maximum atomic E-state index is 15.6. The fourth-order valence-corrected chi connectivity index (χ4v) is 13.2. The number of hydrogen-bond acceptors (Lipinski definition) is 14. The van der Waals surface area contributed by atoms with Crippen molar-refractivity contribution in [1.82, 2.24) is 45.7 Å². The zero-order valence-corrected chi connectivity index (χ0v) is 50.2. The molecule has 0 unspecified atom stereocenters. The molecule has 3 atom stereocenters. The van der Waals surface area contributed by atoms with Gasteiger partial charge in [0.1, 0.15) is 35.3 Å². The predicted molar refractivity (Wildman–Crippen MR) is 320 cm³/mol. The first kappa shape index (κ1) is 61.5. The van der Waals surface area contributed by atoms with Crippen LogP contribution in [-0.4, -0.2) is 118 Å². The summed E-state index contributed by atoms with van der Waals surface area (Å²) in [5.41, 5.74) is 6.00. The number of pyridine rings is 2. The molecule has 0 bridgehead atoms. The Hall–Kier alpha value is -7.08. The van der Waals surface area contributed by atoms with E-state index in [2.05, 4.69) is 36.2 Å². The average molecular weight is 1200 g/mol. The van der Waals surface area contributed by atoms with Crippen molar-refractivity contribution in [2.24, 2.45) is 12.5 Å². The molecule has 2 fully saturated rings. The van der Waals surface area contributed by atoms with Crippen LogP contribution in [0.1, 0.15) is 131 Å². The number of fused-ring (bicyclic) bond motifs is 2. The average Bonchev–Trinajstić information content (AvgIpc) is 4.33. The number of halogens is 2. The minimum absolute atomic E-state index is 0.00842. The standard InChI is InChI=1S/C61H76F2N10O9S2/c1-36-54(83-35-69-36)37-16-17-38(50(24-37)82-43-18-21-64-22-19-43)28-68-58(77)49-26-42(74)32-73(49)60(79)55(61(2,3)4)70-51(75)15-13-11-9-7-8-10-12-14-20-65-57(76)44-27-48-45(23-39(44)34-84(6,80)81)46-33-71(5)59(78)53-52(46)40(29-66-53)31-72(48)56-47(63)25-41(62)30-67-56/h16-17,23-25,27,29-30,33,35,42-43,49,55,64,66,74H,7-15,18-22,26,28,31-32,34H2,1-6H3,(H,65,76)(H,68,77)(H,70,75)/t42-,49+,55-/m1/s1. The number of hydrogen-bond donors (Lipinski definition) is 6. The van der Waals surface area contributed by atoms with Gasteiger partial charge in [0.05, 0.1) is 46.4 Å². The first-order valence-corrected chi connectivity index (χ1v) is 31.9. The van der Waals surface area contributed by atoms with Crippen LogP contribution in [0.25, 0.3) is 32.5 Å². The third kappa shape index (κ3) is 14.5. The second-order valence-electron chi connectivity index (χ2n) is 23.6. The largest absolute Gasteiger partial charge is 0.490 e. The lowest BCUT2D eigenvalue weighted by atomic mass is 9.85. The summed E-state index contributed by atoms with van der Waals surface area (Å²) < 4.78 is 63.4. The van der Waals surface area contributed by atoms with Gasteiger partial charge in [0.2, 0.25) is 17.7 Å². The number of carbonyl (C=O) groups excluding carboxylic acids is 4. The zero-order valence-electron chi connectivity index (χ0n) is 48.5. The Morgan fingerprint density at radius 3 is 2.36 bits per heavy atom. The number of anilines is 2. The van der Waals surface area contributed by atoms with Crippen molar-refractivity contribution in [2.75, 3.05) is 37.3 Å². The van der Waals surface area contributed by atoms with Crippen molar-refractivity contribution < 1.29 is 46.2 Å². The number of likely N-dealkylation sites (tertiary alicyclic amines) is 1. The summed E-state index contributed by atoms with van der Waals surface area (Å²) in [6.45, 7) is 9.67. The van der Waals surface area contributed by atoms with Crippen LogP contribution < -0.4 is 36.5 Å². The van der Waals surface area contributed by atoms with Gasteiger partial charge in [0, 0.05) is 91.9 Å². The minimum atomic E-state index is -3.68. The molecule has 7 heterocycles. The normalized spacial score (nSPS) is 16.8. The molecule has 0 radical (unpaired) electrons. The molecular weight excluding hydrogens is 1120 g/mol. The highest BCUT2D eigenvalue weighted by Crippen LogP contribution is 2.45. The maximum absolute atomic E-state index is 15.6. The highest BCUT2D eigenvalue weighted by molar-refractivity contribution is 7.89. The summed E-state index contributed by atoms with van der Waals surface area (Å²) in [6, 6.07) is 7.89. The Morgan fingerprint density at radius 2 is 1.67 bits per heavy atom. The summed E-state index contributed by atoms with van der Waals surface area (Å²) in [5.74, 6) is -3.46. The van der Waals surface area contributed by atoms with Crippen molar-refractivity contribution in [3.63, 3.8) is 0 Å². The number of unbranched alkanes of at least 4 members (excludes halogenated alkanes) is 7. The van der Waals surface area contributed by atoms with Gasteiger partial charge < -0.3 is 50.5 Å². The zero-order chi connectivity index (χ0) is 60.0. The number of sulfone groups is 1.